The highest BCUT2D eigenvalue weighted by atomic mass is 16.1. The average molecular weight is 467 g/mol. The summed E-state index contributed by atoms with van der Waals surface area (Å²) in [6, 6.07) is 15.3. The van der Waals surface area contributed by atoms with Gasteiger partial charge in [-0.2, -0.15) is 0 Å². The van der Waals surface area contributed by atoms with Crippen molar-refractivity contribution >= 4 is 11.4 Å². The highest BCUT2D eigenvalue weighted by molar-refractivity contribution is 6.03. The topological polar surface area (TPSA) is 17.1 Å². The van der Waals surface area contributed by atoms with Gasteiger partial charge in [0.15, 0.2) is 5.78 Å². The summed E-state index contributed by atoms with van der Waals surface area (Å²) in [5.41, 5.74) is 11.1. The van der Waals surface area contributed by atoms with E-state index in [9.17, 15) is 4.79 Å². The molecule has 0 bridgehead atoms. The van der Waals surface area contributed by atoms with Crippen molar-refractivity contribution in [2.24, 2.45) is 17.8 Å². The van der Waals surface area contributed by atoms with Crippen molar-refractivity contribution in [3.8, 4) is 0 Å². The van der Waals surface area contributed by atoms with E-state index < -0.39 is 0 Å². The standard InChI is InChI=1S/C33H34O.CH4.2H2/c1-21-8-13-26(14-9-21)29-18-27(32-20-30(32)19-29)15-11-23(3)31-7-5-6-28(33(31)34)17-25-12-10-22(2)24(4)16-25;;;/h5-10,12-14,16,18-19,28,30,32H,3,11,15,17,20H2,1-2,4H3;1H4;2*1H. The van der Waals surface area contributed by atoms with Gasteiger partial charge in [-0.05, 0) is 91.7 Å². The molecule has 3 atom stereocenters. The predicted octanol–water partition coefficient (Wildman–Crippen LogP) is 8.96. The minimum absolute atomic E-state index is 0. The number of aryl methyl sites for hydroxylation is 3. The van der Waals surface area contributed by atoms with Gasteiger partial charge >= 0.3 is 0 Å². The first-order valence-corrected chi connectivity index (χ1v) is 12.6. The van der Waals surface area contributed by atoms with Crippen LogP contribution in [0.1, 0.15) is 57.4 Å². The summed E-state index contributed by atoms with van der Waals surface area (Å²) < 4.78 is 0. The third-order valence-corrected chi connectivity index (χ3v) is 7.77. The second-order valence-electron chi connectivity index (χ2n) is 10.4. The number of ketones is 1. The minimum atomic E-state index is -0.100. The Hall–Kier alpha value is -3.19. The molecule has 1 fully saturated rings. The van der Waals surface area contributed by atoms with E-state index in [1.54, 1.807) is 0 Å². The van der Waals surface area contributed by atoms with Crippen LogP contribution in [0.4, 0.5) is 0 Å². The summed E-state index contributed by atoms with van der Waals surface area (Å²) in [6.07, 6.45) is 14.7. The van der Waals surface area contributed by atoms with Crippen molar-refractivity contribution in [2.45, 2.75) is 53.9 Å². The molecule has 1 heteroatoms. The van der Waals surface area contributed by atoms with Crippen LogP contribution in [0.5, 0.6) is 0 Å². The molecule has 1 saturated carbocycles. The van der Waals surface area contributed by atoms with E-state index in [4.69, 9.17) is 0 Å². The Morgan fingerprint density at radius 3 is 2.57 bits per heavy atom. The maximum Gasteiger partial charge on any atom is 0.170 e. The molecule has 2 aromatic rings. The van der Waals surface area contributed by atoms with Crippen LogP contribution in [0.3, 0.4) is 0 Å². The molecule has 35 heavy (non-hydrogen) atoms. The molecule has 3 aliphatic rings. The molecule has 0 aromatic heterocycles. The summed E-state index contributed by atoms with van der Waals surface area (Å²) in [5, 5.41) is 0. The largest absolute Gasteiger partial charge is 0.293 e. The maximum absolute atomic E-state index is 13.3. The lowest BCUT2D eigenvalue weighted by Crippen LogP contribution is -2.20. The smallest absolute Gasteiger partial charge is 0.170 e. The molecule has 184 valence electrons. The number of Topliss-reactive ketones (excluding diaryl/α,β-unsaturated/α-hetero) is 1. The van der Waals surface area contributed by atoms with Gasteiger partial charge in [0, 0.05) is 14.3 Å². The lowest BCUT2D eigenvalue weighted by atomic mass is 9.83. The van der Waals surface area contributed by atoms with Crippen LogP contribution in [-0.2, 0) is 11.2 Å². The average Bonchev–Trinajstić information content (AvgIpc) is 3.61. The van der Waals surface area contributed by atoms with Crippen LogP contribution in [0.15, 0.2) is 96.1 Å². The minimum Gasteiger partial charge on any atom is -0.293 e. The Balaban J connectivity index is 0.00000160. The molecule has 0 aliphatic heterocycles. The van der Waals surface area contributed by atoms with Crippen molar-refractivity contribution in [1.82, 2.24) is 0 Å². The number of hydrogen-bond donors (Lipinski definition) is 0. The number of fused-ring (bicyclic) bond motifs is 1. The second kappa shape index (κ2) is 10.2. The van der Waals surface area contributed by atoms with Crippen LogP contribution < -0.4 is 0 Å². The molecule has 0 saturated heterocycles. The molecule has 2 aromatic carbocycles. The van der Waals surface area contributed by atoms with E-state index in [0.29, 0.717) is 11.8 Å². The Labute approximate surface area is 214 Å². The second-order valence-corrected chi connectivity index (χ2v) is 10.4. The molecule has 0 heterocycles. The Bertz CT molecular complexity index is 1270. The fraction of sp³-hybridized carbons (Fsp3) is 0.324. The first kappa shape index (κ1) is 24.9. The fourth-order valence-electron chi connectivity index (χ4n) is 5.32. The van der Waals surface area contributed by atoms with Gasteiger partial charge in [0.1, 0.15) is 0 Å². The van der Waals surface area contributed by atoms with E-state index >= 15 is 0 Å². The highest BCUT2D eigenvalue weighted by Crippen LogP contribution is 2.51. The van der Waals surface area contributed by atoms with Crippen LogP contribution in [-0.4, -0.2) is 5.78 Å². The van der Waals surface area contributed by atoms with Gasteiger partial charge < -0.3 is 0 Å². The van der Waals surface area contributed by atoms with Gasteiger partial charge in [0.2, 0.25) is 0 Å². The van der Waals surface area contributed by atoms with Crippen molar-refractivity contribution < 1.29 is 7.65 Å². The Morgan fingerprint density at radius 2 is 1.83 bits per heavy atom. The van der Waals surface area contributed by atoms with E-state index in [-0.39, 0.29) is 22.0 Å². The van der Waals surface area contributed by atoms with Crippen molar-refractivity contribution in [3.05, 3.63) is 124 Å². The molecule has 5 rings (SSSR count). The molecular weight excluding hydrogens is 424 g/mol. The molecule has 0 spiro atoms. The number of benzene rings is 2. The third-order valence-electron chi connectivity index (χ3n) is 7.77. The first-order valence-electron chi connectivity index (χ1n) is 12.6. The number of carbonyl (C=O) groups is 1. The van der Waals surface area contributed by atoms with E-state index in [2.05, 4.69) is 82.0 Å². The zero-order valence-corrected chi connectivity index (χ0v) is 20.6. The van der Waals surface area contributed by atoms with Crippen molar-refractivity contribution in [1.29, 1.82) is 0 Å². The van der Waals surface area contributed by atoms with Gasteiger partial charge in [0.05, 0.1) is 0 Å². The number of carbonyl (C=O) groups excluding carboxylic acids is 1. The van der Waals surface area contributed by atoms with Gasteiger partial charge in [-0.15, -0.1) is 0 Å². The van der Waals surface area contributed by atoms with Crippen molar-refractivity contribution in [2.75, 3.05) is 0 Å². The normalized spacial score (nSPS) is 22.4. The predicted molar refractivity (Wildman–Crippen MR) is 154 cm³/mol. The lowest BCUT2D eigenvalue weighted by molar-refractivity contribution is -0.117. The molecule has 0 radical (unpaired) electrons. The van der Waals surface area contributed by atoms with Gasteiger partial charge in [-0.25, -0.2) is 0 Å². The summed E-state index contributed by atoms with van der Waals surface area (Å²) in [5.74, 6) is 1.49. The Kier molecular flexibility index (Phi) is 7.26. The maximum atomic E-state index is 13.3. The van der Waals surface area contributed by atoms with Gasteiger partial charge in [0.25, 0.3) is 0 Å². The third kappa shape index (κ3) is 5.40. The number of allylic oxidation sites excluding steroid dienone is 9. The summed E-state index contributed by atoms with van der Waals surface area (Å²) >= 11 is 0. The van der Waals surface area contributed by atoms with E-state index in [0.717, 1.165) is 30.4 Å². The van der Waals surface area contributed by atoms with Crippen LogP contribution >= 0.6 is 0 Å². The van der Waals surface area contributed by atoms with E-state index in [1.807, 2.05) is 18.2 Å². The zero-order chi connectivity index (χ0) is 23.8. The zero-order valence-electron chi connectivity index (χ0n) is 20.6. The van der Waals surface area contributed by atoms with Crippen LogP contribution in [0.2, 0.25) is 0 Å². The summed E-state index contributed by atoms with van der Waals surface area (Å²) in [7, 11) is 0. The lowest BCUT2D eigenvalue weighted by Gasteiger charge is -2.20. The molecule has 3 aliphatic carbocycles. The van der Waals surface area contributed by atoms with Crippen LogP contribution in [0, 0.1) is 38.5 Å². The molecule has 1 nitrogen and oxygen atoms in total. The van der Waals surface area contributed by atoms with E-state index in [1.165, 1.54) is 45.4 Å². The molecule has 0 amide bonds. The fourth-order valence-corrected chi connectivity index (χ4v) is 5.32. The molecule has 3 unspecified atom stereocenters. The Morgan fingerprint density at radius 1 is 1.06 bits per heavy atom. The SMILES string of the molecule is C.C=C(CCC1=CC(c2ccc(C)cc2)=CC2CC12)C1=CC=CC(Cc2ccc(C)c(C)c2)C1=O.[HH].[HH]. The van der Waals surface area contributed by atoms with Crippen molar-refractivity contribution in [3.63, 3.8) is 0 Å². The summed E-state index contributed by atoms with van der Waals surface area (Å²) in [6.45, 7) is 10.7. The quantitative estimate of drug-likeness (QED) is 0.398. The molecular formula is C34H42O. The van der Waals surface area contributed by atoms with Gasteiger partial charge in [-0.1, -0.05) is 98.0 Å². The van der Waals surface area contributed by atoms with Gasteiger partial charge in [-0.3, -0.25) is 4.79 Å². The summed E-state index contributed by atoms with van der Waals surface area (Å²) in [4.78, 5) is 13.3. The first-order chi connectivity index (χ1) is 16.4. The monoisotopic (exact) mass is 466 g/mol. The number of rotatable bonds is 7. The molecule has 0 N–H and O–H groups in total. The highest BCUT2D eigenvalue weighted by Gasteiger charge is 2.40. The van der Waals surface area contributed by atoms with Crippen LogP contribution in [0.25, 0.3) is 5.57 Å². The number of hydrogen-bond acceptors (Lipinski definition) is 1.